The van der Waals surface area contributed by atoms with E-state index in [1.54, 1.807) is 13.8 Å². The normalized spacial score (nSPS) is 47.6. The van der Waals surface area contributed by atoms with Crippen molar-refractivity contribution in [3.8, 4) is 0 Å². The third kappa shape index (κ3) is 5.82. The molecule has 10 atom stereocenters. The molecule has 2 N–H and O–H groups in total. The van der Waals surface area contributed by atoms with Crippen molar-refractivity contribution in [1.82, 2.24) is 0 Å². The van der Waals surface area contributed by atoms with Crippen LogP contribution in [0, 0.1) is 63.6 Å². The fourth-order valence-electron chi connectivity index (χ4n) is 15.5. The van der Waals surface area contributed by atoms with Crippen molar-refractivity contribution in [2.75, 3.05) is 0 Å². The highest BCUT2D eigenvalue weighted by atomic mass is 16.6. The summed E-state index contributed by atoms with van der Waals surface area (Å²) in [5.74, 6) is 0.0543. The van der Waals surface area contributed by atoms with Crippen molar-refractivity contribution >= 4 is 23.9 Å². The number of hydrogen-bond donors (Lipinski definition) is 2. The minimum absolute atomic E-state index is 0.0427. The summed E-state index contributed by atoms with van der Waals surface area (Å²) in [4.78, 5) is 55.9. The van der Waals surface area contributed by atoms with Crippen LogP contribution in [0.3, 0.4) is 0 Å². The Morgan fingerprint density at radius 2 is 1.43 bits per heavy atom. The average Bonchev–Trinajstić information content (AvgIpc) is 3.67. The lowest BCUT2D eigenvalue weighted by atomic mass is 9.46. The summed E-state index contributed by atoms with van der Waals surface area (Å²) >= 11 is 0. The summed E-state index contributed by atoms with van der Waals surface area (Å²) in [5, 5.41) is 23.0. The van der Waals surface area contributed by atoms with Gasteiger partial charge in [0.05, 0.1) is 33.9 Å². The zero-order valence-electron chi connectivity index (χ0n) is 33.5. The fourth-order valence-corrected chi connectivity index (χ4v) is 15.5. The van der Waals surface area contributed by atoms with Crippen LogP contribution in [0.4, 0.5) is 0 Å². The van der Waals surface area contributed by atoms with Crippen LogP contribution in [0.5, 0.6) is 0 Å². The maximum atomic E-state index is 14.9. The first kappa shape index (κ1) is 37.4. The predicted molar refractivity (Wildman–Crippen MR) is 195 cm³/mol. The summed E-state index contributed by atoms with van der Waals surface area (Å²) in [6, 6.07) is 0. The molecule has 10 nitrogen and oxygen atoms in total. The van der Waals surface area contributed by atoms with E-state index in [0.29, 0.717) is 49.9 Å². The molecule has 0 radical (unpaired) electrons. The van der Waals surface area contributed by atoms with E-state index < -0.39 is 63.3 Å². The van der Waals surface area contributed by atoms with Gasteiger partial charge in [0.1, 0.15) is 23.4 Å². The molecule has 10 bridgehead atoms. The van der Waals surface area contributed by atoms with Crippen LogP contribution in [0.15, 0.2) is 0 Å². The smallest absolute Gasteiger partial charge is 0.312 e. The maximum absolute atomic E-state index is 14.9. The molecule has 11 fully saturated rings. The molecular weight excluding hydrogens is 688 g/mol. The van der Waals surface area contributed by atoms with Gasteiger partial charge in [0.2, 0.25) is 0 Å². The Balaban J connectivity index is 0.963. The molecular formula is C44H64O10. The van der Waals surface area contributed by atoms with Crippen LogP contribution in [0.2, 0.25) is 0 Å². The highest BCUT2D eigenvalue weighted by molar-refractivity contribution is 5.82. The summed E-state index contributed by atoms with van der Waals surface area (Å²) in [6.07, 6.45) is 11.0. The van der Waals surface area contributed by atoms with Gasteiger partial charge in [0.15, 0.2) is 0 Å². The van der Waals surface area contributed by atoms with Crippen molar-refractivity contribution < 1.29 is 48.3 Å². The minimum atomic E-state index is -1.30. The molecule has 0 spiro atoms. The van der Waals surface area contributed by atoms with Gasteiger partial charge in [0.25, 0.3) is 0 Å². The first-order valence-corrected chi connectivity index (χ1v) is 21.5. The van der Waals surface area contributed by atoms with Gasteiger partial charge in [-0.15, -0.1) is 0 Å². The van der Waals surface area contributed by atoms with E-state index in [4.69, 9.17) is 18.9 Å². The largest absolute Gasteiger partial charge is 0.459 e. The van der Waals surface area contributed by atoms with Crippen molar-refractivity contribution in [3.05, 3.63) is 0 Å². The Morgan fingerprint density at radius 1 is 0.815 bits per heavy atom. The van der Waals surface area contributed by atoms with E-state index in [2.05, 4.69) is 13.8 Å². The Morgan fingerprint density at radius 3 is 2.00 bits per heavy atom. The molecule has 11 aliphatic rings. The Bertz CT molecular complexity index is 1560. The molecule has 0 aromatic heterocycles. The highest BCUT2D eigenvalue weighted by Crippen LogP contribution is 2.65. The molecule has 10 saturated carbocycles. The Hall–Kier alpha value is -2.20. The monoisotopic (exact) mass is 752 g/mol. The van der Waals surface area contributed by atoms with E-state index in [0.717, 1.165) is 25.7 Å². The van der Waals surface area contributed by atoms with E-state index in [-0.39, 0.29) is 73.1 Å². The molecule has 11 rings (SSSR count). The molecule has 300 valence electrons. The van der Waals surface area contributed by atoms with Crippen LogP contribution in [-0.4, -0.2) is 68.7 Å². The van der Waals surface area contributed by atoms with E-state index in [9.17, 15) is 29.4 Å². The van der Waals surface area contributed by atoms with Gasteiger partial charge in [-0.3, -0.25) is 19.2 Å². The summed E-state index contributed by atoms with van der Waals surface area (Å²) in [5.41, 5.74) is -6.27. The van der Waals surface area contributed by atoms with Gasteiger partial charge < -0.3 is 29.2 Å². The predicted octanol–water partition coefficient (Wildman–Crippen LogP) is 6.60. The summed E-state index contributed by atoms with van der Waals surface area (Å²) < 4.78 is 25.0. The van der Waals surface area contributed by atoms with Gasteiger partial charge in [-0.1, -0.05) is 13.8 Å². The highest BCUT2D eigenvalue weighted by Gasteiger charge is 2.66. The van der Waals surface area contributed by atoms with Gasteiger partial charge in [-0.2, -0.15) is 0 Å². The zero-order chi connectivity index (χ0) is 38.4. The van der Waals surface area contributed by atoms with E-state index >= 15 is 0 Å². The topological polar surface area (TPSA) is 146 Å². The second-order valence-corrected chi connectivity index (χ2v) is 22.2. The lowest BCUT2D eigenvalue weighted by Gasteiger charge is -2.62. The minimum Gasteiger partial charge on any atom is -0.459 e. The van der Waals surface area contributed by atoms with Crippen LogP contribution < -0.4 is 0 Å². The molecule has 10 unspecified atom stereocenters. The molecule has 0 amide bonds. The van der Waals surface area contributed by atoms with Gasteiger partial charge >= 0.3 is 23.9 Å². The number of esters is 4. The fraction of sp³-hybridized carbons (Fsp3) is 0.909. The number of rotatable bonds is 12. The number of carbonyl (C=O) groups excluding carboxylic acids is 4. The zero-order valence-corrected chi connectivity index (χ0v) is 33.5. The van der Waals surface area contributed by atoms with Crippen LogP contribution in [0.25, 0.3) is 0 Å². The van der Waals surface area contributed by atoms with Crippen molar-refractivity contribution in [1.29, 1.82) is 0 Å². The number of carbonyl (C=O) groups is 4. The average molecular weight is 753 g/mol. The lowest BCUT2D eigenvalue weighted by Crippen LogP contribution is -2.67. The molecule has 0 aromatic carbocycles. The number of fused-ring (bicyclic) bond motifs is 1. The third-order valence-corrected chi connectivity index (χ3v) is 17.3. The molecule has 10 aliphatic carbocycles. The van der Waals surface area contributed by atoms with Crippen LogP contribution in [0.1, 0.15) is 151 Å². The number of ether oxygens (including phenoxy) is 4. The molecule has 10 heteroatoms. The van der Waals surface area contributed by atoms with Gasteiger partial charge in [-0.25, -0.2) is 0 Å². The second-order valence-electron chi connectivity index (χ2n) is 22.2. The Labute approximate surface area is 320 Å². The van der Waals surface area contributed by atoms with Gasteiger partial charge in [0, 0.05) is 36.5 Å². The van der Waals surface area contributed by atoms with Gasteiger partial charge in [-0.05, 0) is 141 Å². The lowest BCUT2D eigenvalue weighted by molar-refractivity contribution is -0.265. The molecule has 1 aliphatic heterocycles. The Kier molecular flexibility index (Phi) is 8.25. The van der Waals surface area contributed by atoms with Crippen LogP contribution in [-0.2, 0) is 38.1 Å². The standard InChI is InChI=1S/C44H64O10/c1-7-39(5,36(47)53-38(3,4)41-14-25-8-26(15-41)10-27(9-25)16-41)20-40(6,37(48)54-44-19-28-17-42(49,22-44)21-43(50,18-28)23-44)13-24(2)34(45)51-32-29-11-30-31(12-29)35(46)52-33(30)32/h24-33,49-50H,7-23H2,1-6H3. The van der Waals surface area contributed by atoms with E-state index in [1.165, 1.54) is 19.3 Å². The maximum Gasteiger partial charge on any atom is 0.312 e. The molecule has 1 heterocycles. The van der Waals surface area contributed by atoms with Crippen LogP contribution >= 0.6 is 0 Å². The molecule has 1 saturated heterocycles. The number of aliphatic hydroxyl groups is 2. The van der Waals surface area contributed by atoms with Crippen molar-refractivity contribution in [3.63, 3.8) is 0 Å². The number of hydrogen-bond acceptors (Lipinski definition) is 10. The molecule has 54 heavy (non-hydrogen) atoms. The first-order valence-electron chi connectivity index (χ1n) is 21.5. The first-order chi connectivity index (χ1) is 25.2. The second kappa shape index (κ2) is 11.9. The SMILES string of the molecule is CCC(C)(CC(C)(CC(C)C(=O)OC1C2CC3C(=O)OC1C3C2)C(=O)OC12CC3CC(O)(CC(O)(C3)C1)C2)C(=O)OC(C)(C)C12CC3CC(CC(C3)C1)C2. The quantitative estimate of drug-likeness (QED) is 0.165. The third-order valence-electron chi connectivity index (χ3n) is 17.3. The van der Waals surface area contributed by atoms with E-state index in [1.807, 2.05) is 13.8 Å². The summed E-state index contributed by atoms with van der Waals surface area (Å²) in [7, 11) is 0. The summed E-state index contributed by atoms with van der Waals surface area (Å²) in [6.45, 7) is 11.6. The van der Waals surface area contributed by atoms with Crippen molar-refractivity contribution in [2.24, 2.45) is 63.6 Å². The molecule has 0 aromatic rings. The van der Waals surface area contributed by atoms with Crippen molar-refractivity contribution in [2.45, 2.75) is 185 Å².